The molecule has 0 radical (unpaired) electrons. The van der Waals surface area contributed by atoms with Gasteiger partial charge >= 0.3 is 0 Å². The summed E-state index contributed by atoms with van der Waals surface area (Å²) in [5.41, 5.74) is -0.622. The number of aliphatic hydroxyl groups is 1. The third-order valence-electron chi connectivity index (χ3n) is 3.69. The second-order valence-electron chi connectivity index (χ2n) is 4.81. The van der Waals surface area contributed by atoms with Crippen LogP contribution in [0.5, 0.6) is 5.75 Å². The molecule has 0 aromatic heterocycles. The summed E-state index contributed by atoms with van der Waals surface area (Å²) < 4.78 is 5.18. The van der Waals surface area contributed by atoms with Gasteiger partial charge in [-0.25, -0.2) is 0 Å². The number of halogens is 1. The zero-order valence-electron chi connectivity index (χ0n) is 10.9. The maximum Gasteiger partial charge on any atom is 0.152 e. The van der Waals surface area contributed by atoms with Crippen LogP contribution in [0.4, 0.5) is 0 Å². The minimum Gasteiger partial charge on any atom is -0.497 e. The van der Waals surface area contributed by atoms with Gasteiger partial charge in [0, 0.05) is 13.1 Å². The number of carbonyl (C=O) groups is 1. The molecule has 0 aliphatic carbocycles. The van der Waals surface area contributed by atoms with Gasteiger partial charge in [-0.2, -0.15) is 0 Å². The molecule has 0 amide bonds. The second-order valence-corrected chi connectivity index (χ2v) is 5.26. The summed E-state index contributed by atoms with van der Waals surface area (Å²) in [5.74, 6) is 0.733. The number of benzene rings is 1. The van der Waals surface area contributed by atoms with Crippen LogP contribution in [0.2, 0.25) is 0 Å². The van der Waals surface area contributed by atoms with Crippen LogP contribution in [-0.2, 0) is 10.4 Å². The summed E-state index contributed by atoms with van der Waals surface area (Å²) in [7, 11) is 1.61. The first kappa shape index (κ1) is 14.3. The van der Waals surface area contributed by atoms with Gasteiger partial charge in [-0.3, -0.25) is 4.90 Å². The molecule has 1 N–H and O–H groups in total. The fourth-order valence-electron chi connectivity index (χ4n) is 2.43. The van der Waals surface area contributed by atoms with Crippen molar-refractivity contribution in [1.29, 1.82) is 0 Å². The highest BCUT2D eigenvalue weighted by Crippen LogP contribution is 2.34. The van der Waals surface area contributed by atoms with E-state index in [4.69, 9.17) is 16.3 Å². The van der Waals surface area contributed by atoms with E-state index < -0.39 is 11.1 Å². The molecule has 1 saturated heterocycles. The summed E-state index contributed by atoms with van der Waals surface area (Å²) in [6.45, 7) is 1.20. The van der Waals surface area contributed by atoms with E-state index in [0.717, 1.165) is 17.6 Å². The first-order valence-corrected chi connectivity index (χ1v) is 6.73. The van der Waals surface area contributed by atoms with Crippen molar-refractivity contribution in [3.63, 3.8) is 0 Å². The molecule has 1 aliphatic heterocycles. The summed E-state index contributed by atoms with van der Waals surface area (Å²) in [6.07, 6.45) is 1.83. The number of alkyl halides is 1. The topological polar surface area (TPSA) is 49.8 Å². The van der Waals surface area contributed by atoms with E-state index in [1.807, 2.05) is 29.2 Å². The second kappa shape index (κ2) is 5.90. The first-order valence-electron chi connectivity index (χ1n) is 6.29. The van der Waals surface area contributed by atoms with Gasteiger partial charge in [0.1, 0.15) is 11.3 Å². The van der Waals surface area contributed by atoms with Gasteiger partial charge < -0.3 is 14.6 Å². The molecular weight excluding hydrogens is 266 g/mol. The van der Waals surface area contributed by atoms with E-state index in [9.17, 15) is 9.90 Å². The van der Waals surface area contributed by atoms with Gasteiger partial charge in [-0.1, -0.05) is 23.7 Å². The van der Waals surface area contributed by atoms with E-state index in [1.54, 1.807) is 7.11 Å². The Bertz CT molecular complexity index is 444. The number of aldehydes is 1. The molecule has 1 aromatic carbocycles. The van der Waals surface area contributed by atoms with Gasteiger partial charge in [0.2, 0.25) is 0 Å². The number of hydrogen-bond acceptors (Lipinski definition) is 4. The number of rotatable bonds is 4. The van der Waals surface area contributed by atoms with Crippen molar-refractivity contribution in [2.45, 2.75) is 23.9 Å². The minimum atomic E-state index is -0.871. The summed E-state index contributed by atoms with van der Waals surface area (Å²) >= 11 is 5.89. The smallest absolute Gasteiger partial charge is 0.152 e. The van der Waals surface area contributed by atoms with Crippen LogP contribution < -0.4 is 4.74 Å². The monoisotopic (exact) mass is 283 g/mol. The van der Waals surface area contributed by atoms with Crippen molar-refractivity contribution >= 4 is 17.9 Å². The standard InChI is InChI=1S/C14H18ClNO3/c1-19-12-4-2-3-11(9-12)14(18)5-7-16(8-6-14)13(15)10-17/h2-4,9-10,13,18H,5-8H2,1H3. The SMILES string of the molecule is COc1cccc(C2(O)CCN(C(Cl)C=O)CC2)c1. The Balaban J connectivity index is 2.10. The number of hydrogen-bond donors (Lipinski definition) is 1. The lowest BCUT2D eigenvalue weighted by atomic mass is 9.84. The van der Waals surface area contributed by atoms with Crippen LogP contribution in [0.3, 0.4) is 0 Å². The predicted molar refractivity (Wildman–Crippen MR) is 73.4 cm³/mol. The van der Waals surface area contributed by atoms with E-state index in [-0.39, 0.29) is 0 Å². The molecule has 0 bridgehead atoms. The number of carbonyl (C=O) groups excluding carboxylic acids is 1. The maximum absolute atomic E-state index is 10.7. The average molecular weight is 284 g/mol. The molecule has 2 rings (SSSR count). The molecule has 1 unspecified atom stereocenters. The quantitative estimate of drug-likeness (QED) is 0.520. The van der Waals surface area contributed by atoms with Gasteiger partial charge in [0.05, 0.1) is 12.7 Å². The molecule has 1 atom stereocenters. The Labute approximate surface area is 117 Å². The minimum absolute atomic E-state index is 0.553. The molecular formula is C14H18ClNO3. The van der Waals surface area contributed by atoms with Crippen LogP contribution in [0, 0.1) is 0 Å². The van der Waals surface area contributed by atoms with Crippen molar-refractivity contribution in [3.8, 4) is 5.75 Å². The van der Waals surface area contributed by atoms with Crippen LogP contribution >= 0.6 is 11.6 Å². The highest BCUT2D eigenvalue weighted by molar-refractivity contribution is 6.27. The van der Waals surface area contributed by atoms with E-state index in [1.165, 1.54) is 0 Å². The Morgan fingerprint density at radius 2 is 2.16 bits per heavy atom. The number of piperidine rings is 1. The molecule has 104 valence electrons. The van der Waals surface area contributed by atoms with Crippen molar-refractivity contribution in [2.24, 2.45) is 0 Å². The number of methoxy groups -OCH3 is 1. The summed E-state index contributed by atoms with van der Waals surface area (Å²) in [5, 5.41) is 10.7. The van der Waals surface area contributed by atoms with Gasteiger partial charge in [-0.15, -0.1) is 0 Å². The number of ether oxygens (including phenoxy) is 1. The number of nitrogens with zero attached hydrogens (tertiary/aromatic N) is 1. The van der Waals surface area contributed by atoms with E-state index >= 15 is 0 Å². The lowest BCUT2D eigenvalue weighted by Crippen LogP contribution is -2.45. The van der Waals surface area contributed by atoms with Crippen molar-refractivity contribution in [1.82, 2.24) is 4.90 Å². The Morgan fingerprint density at radius 1 is 1.47 bits per heavy atom. The first-order chi connectivity index (χ1) is 9.09. The van der Waals surface area contributed by atoms with Crippen LogP contribution in [-0.4, -0.2) is 42.0 Å². The average Bonchev–Trinajstić information content (AvgIpc) is 2.47. The fourth-order valence-corrected chi connectivity index (χ4v) is 2.62. The summed E-state index contributed by atoms with van der Waals surface area (Å²) in [6, 6.07) is 7.47. The summed E-state index contributed by atoms with van der Waals surface area (Å²) in [4.78, 5) is 12.5. The van der Waals surface area contributed by atoms with Crippen molar-refractivity contribution in [3.05, 3.63) is 29.8 Å². The van der Waals surface area contributed by atoms with Crippen LogP contribution in [0.25, 0.3) is 0 Å². The van der Waals surface area contributed by atoms with Gasteiger partial charge in [0.25, 0.3) is 0 Å². The Hall–Kier alpha value is -1.10. The zero-order chi connectivity index (χ0) is 13.9. The highest BCUT2D eigenvalue weighted by Gasteiger charge is 2.35. The largest absolute Gasteiger partial charge is 0.497 e. The Kier molecular flexibility index (Phi) is 4.45. The highest BCUT2D eigenvalue weighted by atomic mass is 35.5. The van der Waals surface area contributed by atoms with Crippen molar-refractivity contribution < 1.29 is 14.6 Å². The van der Waals surface area contributed by atoms with Crippen LogP contribution in [0.15, 0.2) is 24.3 Å². The lowest BCUT2D eigenvalue weighted by molar-refractivity contribution is -0.111. The third-order valence-corrected chi connectivity index (χ3v) is 4.07. The molecule has 1 fully saturated rings. The molecule has 1 heterocycles. The molecule has 1 aromatic rings. The molecule has 0 saturated carbocycles. The Morgan fingerprint density at radius 3 is 2.74 bits per heavy atom. The van der Waals surface area contributed by atoms with E-state index in [0.29, 0.717) is 25.9 Å². The van der Waals surface area contributed by atoms with Gasteiger partial charge in [0.15, 0.2) is 6.29 Å². The maximum atomic E-state index is 10.7. The predicted octanol–water partition coefficient (Wildman–Crippen LogP) is 1.74. The zero-order valence-corrected chi connectivity index (χ0v) is 11.6. The van der Waals surface area contributed by atoms with Crippen molar-refractivity contribution in [2.75, 3.05) is 20.2 Å². The lowest BCUT2D eigenvalue weighted by Gasteiger charge is -2.39. The molecule has 19 heavy (non-hydrogen) atoms. The fraction of sp³-hybridized carbons (Fsp3) is 0.500. The third kappa shape index (κ3) is 3.08. The van der Waals surface area contributed by atoms with Gasteiger partial charge in [-0.05, 0) is 30.5 Å². The normalized spacial score (nSPS) is 20.8. The molecule has 4 nitrogen and oxygen atoms in total. The molecule has 5 heteroatoms. The van der Waals surface area contributed by atoms with E-state index in [2.05, 4.69) is 0 Å². The molecule has 1 aliphatic rings. The molecule has 0 spiro atoms. The van der Waals surface area contributed by atoms with Crippen LogP contribution in [0.1, 0.15) is 18.4 Å². The number of likely N-dealkylation sites (tertiary alicyclic amines) is 1.